The number of rotatable bonds is 6. The average Bonchev–Trinajstić information content (AvgIpc) is 2.08. The van der Waals surface area contributed by atoms with E-state index in [2.05, 4.69) is 10.7 Å². The number of nitrogens with one attached hydrogen (secondary N) is 2. The van der Waals surface area contributed by atoms with E-state index in [1.807, 2.05) is 32.7 Å². The zero-order valence-corrected chi connectivity index (χ0v) is 8.63. The lowest BCUT2D eigenvalue weighted by Crippen LogP contribution is -2.24. The fraction of sp³-hybridized carbons (Fsp3) is 1.00. The molecule has 0 aliphatic carbocycles. The van der Waals surface area contributed by atoms with Gasteiger partial charge in [0.05, 0.1) is 0 Å². The summed E-state index contributed by atoms with van der Waals surface area (Å²) in [6.45, 7) is 5.98. The number of hydrogen-bond donors (Lipinski definition) is 3. The number of hydrogen-bond acceptors (Lipinski definition) is 4. The highest BCUT2D eigenvalue weighted by molar-refractivity contribution is 7.99. The summed E-state index contributed by atoms with van der Waals surface area (Å²) < 4.78 is 0. The van der Waals surface area contributed by atoms with Crippen LogP contribution in [0.25, 0.3) is 0 Å². The van der Waals surface area contributed by atoms with Crippen LogP contribution in [0.2, 0.25) is 0 Å². The number of thioether (sulfide) groups is 1. The van der Waals surface area contributed by atoms with Crippen LogP contribution in [-0.4, -0.2) is 31.6 Å². The first-order valence-electron chi connectivity index (χ1n) is 4.07. The summed E-state index contributed by atoms with van der Waals surface area (Å²) in [5.41, 5.74) is 2.60. The van der Waals surface area contributed by atoms with Gasteiger partial charge in [-0.1, -0.05) is 13.8 Å². The first-order valence-corrected chi connectivity index (χ1v) is 5.23. The molecular formula is C7H21N3S. The van der Waals surface area contributed by atoms with Crippen LogP contribution in [0.3, 0.4) is 0 Å². The van der Waals surface area contributed by atoms with Crippen molar-refractivity contribution in [3.63, 3.8) is 0 Å². The lowest BCUT2D eigenvalue weighted by molar-refractivity contribution is 0.786. The van der Waals surface area contributed by atoms with E-state index in [0.717, 1.165) is 24.6 Å². The predicted octanol–water partition coefficient (Wildman–Crippen LogP) is 0.429. The highest BCUT2D eigenvalue weighted by atomic mass is 32.2. The highest BCUT2D eigenvalue weighted by Crippen LogP contribution is 1.94. The van der Waals surface area contributed by atoms with Gasteiger partial charge in [-0.15, -0.1) is 0 Å². The van der Waals surface area contributed by atoms with Gasteiger partial charge in [0.1, 0.15) is 0 Å². The van der Waals surface area contributed by atoms with Crippen LogP contribution in [0.4, 0.5) is 0 Å². The molecule has 0 saturated heterocycles. The van der Waals surface area contributed by atoms with Crippen LogP contribution in [0.1, 0.15) is 13.8 Å². The Morgan fingerprint density at radius 3 is 2.18 bits per heavy atom. The molecule has 0 saturated carbocycles. The van der Waals surface area contributed by atoms with E-state index in [-0.39, 0.29) is 0 Å². The SMILES string of the molecule is CC.CNCCSCCNN. The molecule has 0 rings (SSSR count). The summed E-state index contributed by atoms with van der Waals surface area (Å²) in [6, 6.07) is 0. The Morgan fingerprint density at radius 2 is 1.73 bits per heavy atom. The zero-order chi connectivity index (χ0) is 8.95. The molecule has 0 aliphatic heterocycles. The largest absolute Gasteiger partial charge is 0.319 e. The Kier molecular flexibility index (Phi) is 20.9. The van der Waals surface area contributed by atoms with Crippen molar-refractivity contribution in [1.82, 2.24) is 10.7 Å². The van der Waals surface area contributed by atoms with Crippen molar-refractivity contribution in [3.05, 3.63) is 0 Å². The highest BCUT2D eigenvalue weighted by Gasteiger charge is 1.84. The molecule has 3 nitrogen and oxygen atoms in total. The van der Waals surface area contributed by atoms with E-state index in [1.165, 1.54) is 0 Å². The minimum absolute atomic E-state index is 0.897. The third-order valence-electron chi connectivity index (χ3n) is 0.887. The van der Waals surface area contributed by atoms with Crippen LogP contribution in [0.15, 0.2) is 0 Å². The second-order valence-electron chi connectivity index (χ2n) is 1.67. The van der Waals surface area contributed by atoms with Gasteiger partial charge in [-0.25, -0.2) is 0 Å². The Bertz CT molecular complexity index is 47.0. The molecule has 0 radical (unpaired) electrons. The van der Waals surface area contributed by atoms with E-state index in [9.17, 15) is 0 Å². The summed E-state index contributed by atoms with van der Waals surface area (Å²) in [4.78, 5) is 0. The molecular weight excluding hydrogens is 158 g/mol. The molecule has 0 unspecified atom stereocenters. The van der Waals surface area contributed by atoms with Gasteiger partial charge >= 0.3 is 0 Å². The Balaban J connectivity index is 0. The lowest BCUT2D eigenvalue weighted by Gasteiger charge is -1.98. The predicted molar refractivity (Wildman–Crippen MR) is 54.8 cm³/mol. The maximum Gasteiger partial charge on any atom is 0.0188 e. The molecule has 0 aliphatic rings. The Morgan fingerprint density at radius 1 is 1.18 bits per heavy atom. The fourth-order valence-electron chi connectivity index (χ4n) is 0.407. The van der Waals surface area contributed by atoms with Gasteiger partial charge in [-0.2, -0.15) is 11.8 Å². The van der Waals surface area contributed by atoms with Gasteiger partial charge in [-0.3, -0.25) is 11.3 Å². The van der Waals surface area contributed by atoms with Crippen molar-refractivity contribution in [2.24, 2.45) is 5.84 Å². The van der Waals surface area contributed by atoms with Gasteiger partial charge < -0.3 is 5.32 Å². The van der Waals surface area contributed by atoms with Crippen molar-refractivity contribution in [2.75, 3.05) is 31.6 Å². The second-order valence-corrected chi connectivity index (χ2v) is 2.89. The van der Waals surface area contributed by atoms with Crippen LogP contribution in [0.5, 0.6) is 0 Å². The summed E-state index contributed by atoms with van der Waals surface area (Å²) in [6.07, 6.45) is 0. The molecule has 0 heterocycles. The van der Waals surface area contributed by atoms with Crippen LogP contribution >= 0.6 is 11.8 Å². The fourth-order valence-corrected chi connectivity index (χ4v) is 1.22. The molecule has 0 aromatic heterocycles. The number of nitrogens with two attached hydrogens (primary N) is 1. The maximum atomic E-state index is 5.06. The van der Waals surface area contributed by atoms with Crippen LogP contribution < -0.4 is 16.6 Å². The van der Waals surface area contributed by atoms with Gasteiger partial charge in [0.2, 0.25) is 0 Å². The normalized spacial score (nSPS) is 8.73. The van der Waals surface area contributed by atoms with E-state index >= 15 is 0 Å². The Hall–Kier alpha value is 0.230. The molecule has 0 spiro atoms. The van der Waals surface area contributed by atoms with Crippen molar-refractivity contribution in [2.45, 2.75) is 13.8 Å². The first kappa shape index (κ1) is 13.8. The standard InChI is InChI=1S/C5H15N3S.C2H6/c1-7-2-4-9-5-3-8-6;1-2/h7-8H,2-6H2,1H3;1-2H3. The summed E-state index contributed by atoms with van der Waals surface area (Å²) in [7, 11) is 1.96. The second kappa shape index (κ2) is 16.7. The molecule has 0 fully saturated rings. The van der Waals surface area contributed by atoms with Gasteiger partial charge in [0.25, 0.3) is 0 Å². The molecule has 0 bridgehead atoms. The third kappa shape index (κ3) is 17.9. The molecule has 4 N–H and O–H groups in total. The molecule has 0 amide bonds. The molecule has 0 aromatic rings. The maximum absolute atomic E-state index is 5.06. The summed E-state index contributed by atoms with van der Waals surface area (Å²) >= 11 is 1.90. The van der Waals surface area contributed by atoms with Crippen molar-refractivity contribution >= 4 is 11.8 Å². The van der Waals surface area contributed by atoms with Crippen LogP contribution in [-0.2, 0) is 0 Å². The smallest absolute Gasteiger partial charge is 0.0188 e. The molecule has 11 heavy (non-hydrogen) atoms. The van der Waals surface area contributed by atoms with Crippen LogP contribution in [0, 0.1) is 0 Å². The summed E-state index contributed by atoms with van der Waals surface area (Å²) in [5, 5.41) is 3.07. The van der Waals surface area contributed by atoms with Gasteiger partial charge in [0.15, 0.2) is 0 Å². The zero-order valence-electron chi connectivity index (χ0n) is 7.81. The topological polar surface area (TPSA) is 50.1 Å². The minimum Gasteiger partial charge on any atom is -0.319 e. The lowest BCUT2D eigenvalue weighted by atomic mass is 10.8. The van der Waals surface area contributed by atoms with Crippen molar-refractivity contribution < 1.29 is 0 Å². The minimum atomic E-state index is 0.897. The monoisotopic (exact) mass is 179 g/mol. The molecule has 0 aromatic carbocycles. The quantitative estimate of drug-likeness (QED) is 0.314. The average molecular weight is 179 g/mol. The van der Waals surface area contributed by atoms with Gasteiger partial charge in [0, 0.05) is 24.6 Å². The van der Waals surface area contributed by atoms with Crippen molar-refractivity contribution in [3.8, 4) is 0 Å². The molecule has 70 valence electrons. The van der Waals surface area contributed by atoms with E-state index < -0.39 is 0 Å². The molecule has 0 atom stereocenters. The number of hydrazine groups is 1. The van der Waals surface area contributed by atoms with E-state index in [4.69, 9.17) is 5.84 Å². The first-order chi connectivity index (χ1) is 5.41. The van der Waals surface area contributed by atoms with E-state index in [0.29, 0.717) is 0 Å². The van der Waals surface area contributed by atoms with E-state index in [1.54, 1.807) is 0 Å². The molecule has 4 heteroatoms. The Labute approximate surface area is 74.5 Å². The third-order valence-corrected chi connectivity index (χ3v) is 1.87. The summed E-state index contributed by atoms with van der Waals surface area (Å²) in [5.74, 6) is 7.32. The van der Waals surface area contributed by atoms with Gasteiger partial charge in [-0.05, 0) is 7.05 Å². The van der Waals surface area contributed by atoms with Crippen molar-refractivity contribution in [1.29, 1.82) is 0 Å².